The number of nitrogens with zero attached hydrogens (tertiary/aromatic N) is 1. The lowest BCUT2D eigenvalue weighted by Gasteiger charge is -2.08. The summed E-state index contributed by atoms with van der Waals surface area (Å²) in [6.45, 7) is 5.66. The van der Waals surface area contributed by atoms with Crippen molar-refractivity contribution in [3.8, 4) is 17.0 Å². The molecule has 1 heterocycles. The first-order valence-electron chi connectivity index (χ1n) is 4.76. The zero-order valence-corrected chi connectivity index (χ0v) is 8.77. The molecule has 0 N–H and O–H groups in total. The number of hydrogen-bond acceptors (Lipinski definition) is 2. The van der Waals surface area contributed by atoms with Gasteiger partial charge in [0.1, 0.15) is 5.82 Å². The summed E-state index contributed by atoms with van der Waals surface area (Å²) in [5.41, 5.74) is 2.11. The van der Waals surface area contributed by atoms with Gasteiger partial charge in [-0.05, 0) is 29.3 Å². The topological polar surface area (TPSA) is 22.1 Å². The predicted octanol–water partition coefficient (Wildman–Crippen LogP) is 2.96. The van der Waals surface area contributed by atoms with Gasteiger partial charge in [0.25, 0.3) is 0 Å². The van der Waals surface area contributed by atoms with Gasteiger partial charge in [0, 0.05) is 18.7 Å². The third-order valence-electron chi connectivity index (χ3n) is 2.22. The van der Waals surface area contributed by atoms with Crippen molar-refractivity contribution >= 4 is 0 Å². The molecule has 0 saturated heterocycles. The Morgan fingerprint density at radius 3 is 2.56 bits per heavy atom. The minimum absolute atomic E-state index is 0.278. The number of methoxy groups -OCH3 is 1. The number of hydrogen-bond donors (Lipinski definition) is 0. The fourth-order valence-corrected chi connectivity index (χ4v) is 1.47. The second kappa shape index (κ2) is 4.31. The number of halogens is 1. The van der Waals surface area contributed by atoms with Crippen LogP contribution in [0.25, 0.3) is 11.1 Å². The van der Waals surface area contributed by atoms with Crippen molar-refractivity contribution in [1.29, 1.82) is 0 Å². The van der Waals surface area contributed by atoms with E-state index in [2.05, 4.69) is 4.98 Å². The molecule has 0 spiro atoms. The molecule has 0 bridgehead atoms. The van der Waals surface area contributed by atoms with E-state index >= 15 is 0 Å². The summed E-state index contributed by atoms with van der Waals surface area (Å²) in [7, 11) is 1.53. The zero-order chi connectivity index (χ0) is 11.5. The van der Waals surface area contributed by atoms with E-state index in [1.54, 1.807) is 18.2 Å². The Kier molecular flexibility index (Phi) is 2.86. The van der Waals surface area contributed by atoms with E-state index in [0.29, 0.717) is 11.4 Å². The molecule has 3 heteroatoms. The number of aromatic nitrogens is 1. The van der Waals surface area contributed by atoms with Crippen molar-refractivity contribution in [2.24, 2.45) is 0 Å². The third kappa shape index (κ3) is 2.03. The summed E-state index contributed by atoms with van der Waals surface area (Å²) in [5, 5.41) is 0. The molecule has 0 aliphatic rings. The number of pyridine rings is 1. The second-order valence-corrected chi connectivity index (χ2v) is 3.33. The lowest BCUT2D eigenvalue weighted by Crippen LogP contribution is -1.92. The Hall–Kier alpha value is -1.90. The van der Waals surface area contributed by atoms with Crippen LogP contribution in [-0.4, -0.2) is 12.1 Å². The summed E-state index contributed by atoms with van der Waals surface area (Å²) < 4.78 is 17.9. The average molecular weight is 215 g/mol. The standard InChI is InChI=1S/C13H10FNO/c1-9-7-12(13(16-2)15-8-9)10-3-5-11(14)6-4-10/h1,3-8H,2H3. The van der Waals surface area contributed by atoms with Crippen molar-refractivity contribution in [2.45, 2.75) is 0 Å². The van der Waals surface area contributed by atoms with E-state index in [1.807, 2.05) is 0 Å². The molecule has 80 valence electrons. The molecule has 0 fully saturated rings. The minimum atomic E-state index is -0.278. The second-order valence-electron chi connectivity index (χ2n) is 3.33. The predicted molar refractivity (Wildman–Crippen MR) is 59.6 cm³/mol. The highest BCUT2D eigenvalue weighted by Crippen LogP contribution is 2.28. The number of ether oxygens (including phenoxy) is 1. The third-order valence-corrected chi connectivity index (χ3v) is 2.22. The first-order valence-corrected chi connectivity index (χ1v) is 4.76. The van der Waals surface area contributed by atoms with Crippen LogP contribution in [0.2, 0.25) is 0 Å². The van der Waals surface area contributed by atoms with Gasteiger partial charge in [0.2, 0.25) is 5.88 Å². The molecular weight excluding hydrogens is 205 g/mol. The van der Waals surface area contributed by atoms with Gasteiger partial charge in [-0.3, -0.25) is 0 Å². The highest BCUT2D eigenvalue weighted by Gasteiger charge is 2.07. The number of benzene rings is 1. The van der Waals surface area contributed by atoms with Gasteiger partial charge < -0.3 is 4.74 Å². The van der Waals surface area contributed by atoms with Gasteiger partial charge in [-0.1, -0.05) is 12.1 Å². The lowest BCUT2D eigenvalue weighted by atomic mass is 10.1. The van der Waals surface area contributed by atoms with Crippen LogP contribution in [0.1, 0.15) is 5.56 Å². The molecule has 2 radical (unpaired) electrons. The largest absolute Gasteiger partial charge is 0.481 e. The first kappa shape index (κ1) is 10.6. The molecule has 0 amide bonds. The molecule has 1 aromatic carbocycles. The Morgan fingerprint density at radius 1 is 1.25 bits per heavy atom. The summed E-state index contributed by atoms with van der Waals surface area (Å²) in [6, 6.07) is 7.84. The van der Waals surface area contributed by atoms with Crippen molar-refractivity contribution in [2.75, 3.05) is 7.11 Å². The van der Waals surface area contributed by atoms with Crippen LogP contribution in [-0.2, 0) is 0 Å². The average Bonchev–Trinajstić information content (AvgIpc) is 2.30. The van der Waals surface area contributed by atoms with E-state index in [-0.39, 0.29) is 5.82 Å². The van der Waals surface area contributed by atoms with Crippen LogP contribution in [0.3, 0.4) is 0 Å². The Labute approximate surface area is 93.7 Å². The molecule has 1 aromatic heterocycles. The van der Waals surface area contributed by atoms with Crippen molar-refractivity contribution in [3.63, 3.8) is 0 Å². The Bertz CT molecular complexity index is 494. The van der Waals surface area contributed by atoms with Gasteiger partial charge in [-0.2, -0.15) is 0 Å². The van der Waals surface area contributed by atoms with E-state index in [1.165, 1.54) is 25.4 Å². The molecule has 2 aromatic rings. The molecule has 2 rings (SSSR count). The van der Waals surface area contributed by atoms with Gasteiger partial charge in [0.15, 0.2) is 0 Å². The zero-order valence-electron chi connectivity index (χ0n) is 8.77. The maximum absolute atomic E-state index is 12.8. The summed E-state index contributed by atoms with van der Waals surface area (Å²) in [5.74, 6) is 0.195. The van der Waals surface area contributed by atoms with E-state index < -0.39 is 0 Å². The van der Waals surface area contributed by atoms with Crippen LogP contribution < -0.4 is 4.74 Å². The molecule has 2 nitrogen and oxygen atoms in total. The van der Waals surface area contributed by atoms with Crippen molar-refractivity contribution < 1.29 is 9.13 Å². The van der Waals surface area contributed by atoms with Gasteiger partial charge >= 0.3 is 0 Å². The smallest absolute Gasteiger partial charge is 0.221 e. The van der Waals surface area contributed by atoms with Crippen molar-refractivity contribution in [1.82, 2.24) is 4.98 Å². The number of rotatable bonds is 2. The summed E-state index contributed by atoms with van der Waals surface area (Å²) >= 11 is 0. The van der Waals surface area contributed by atoms with Crippen LogP contribution in [0.4, 0.5) is 4.39 Å². The molecule has 16 heavy (non-hydrogen) atoms. The first-order chi connectivity index (χ1) is 7.70. The fraction of sp³-hybridized carbons (Fsp3) is 0.0769. The minimum Gasteiger partial charge on any atom is -0.481 e. The van der Waals surface area contributed by atoms with Crippen LogP contribution in [0.5, 0.6) is 5.88 Å². The van der Waals surface area contributed by atoms with Gasteiger partial charge in [0.05, 0.1) is 7.11 Å². The lowest BCUT2D eigenvalue weighted by molar-refractivity contribution is 0.399. The monoisotopic (exact) mass is 215 g/mol. The molecular formula is C13H10FNO. The highest BCUT2D eigenvalue weighted by atomic mass is 19.1. The molecule has 0 aliphatic heterocycles. The fourth-order valence-electron chi connectivity index (χ4n) is 1.47. The van der Waals surface area contributed by atoms with Crippen molar-refractivity contribution in [3.05, 3.63) is 54.8 Å². The summed E-state index contributed by atoms with van der Waals surface area (Å²) in [6.07, 6.45) is 1.52. The van der Waals surface area contributed by atoms with E-state index in [9.17, 15) is 4.39 Å². The molecule has 0 aliphatic carbocycles. The van der Waals surface area contributed by atoms with Crippen LogP contribution >= 0.6 is 0 Å². The SMILES string of the molecule is [CH]c1cnc(OC)c(-c2ccc(F)cc2)c1. The van der Waals surface area contributed by atoms with Gasteiger partial charge in [-0.15, -0.1) is 0 Å². The van der Waals surface area contributed by atoms with E-state index in [0.717, 1.165) is 11.1 Å². The van der Waals surface area contributed by atoms with Crippen LogP contribution in [0.15, 0.2) is 36.5 Å². The Balaban J connectivity index is 2.53. The Morgan fingerprint density at radius 2 is 1.94 bits per heavy atom. The normalized spacial score (nSPS) is 10.2. The maximum atomic E-state index is 12.8. The maximum Gasteiger partial charge on any atom is 0.221 e. The van der Waals surface area contributed by atoms with Crippen LogP contribution in [0, 0.1) is 12.7 Å². The van der Waals surface area contributed by atoms with E-state index in [4.69, 9.17) is 11.7 Å². The molecule has 0 atom stereocenters. The highest BCUT2D eigenvalue weighted by molar-refractivity contribution is 5.69. The molecule has 0 unspecified atom stereocenters. The van der Waals surface area contributed by atoms with Gasteiger partial charge in [-0.25, -0.2) is 9.37 Å². The summed E-state index contributed by atoms with van der Waals surface area (Å²) in [4.78, 5) is 4.05. The molecule has 0 saturated carbocycles. The quantitative estimate of drug-likeness (QED) is 0.768.